The lowest BCUT2D eigenvalue weighted by Gasteiger charge is -2.35. The second-order valence-corrected chi connectivity index (χ2v) is 5.82. The second-order valence-electron chi connectivity index (χ2n) is 5.82. The highest BCUT2D eigenvalue weighted by Crippen LogP contribution is 2.19. The third-order valence-electron chi connectivity index (χ3n) is 4.23. The summed E-state index contributed by atoms with van der Waals surface area (Å²) in [6.45, 7) is 5.26. The SMILES string of the molecule is CNc1ccc(C)cc1C(=O)NC1CCN(C)C(C)C1. The second kappa shape index (κ2) is 6.27. The number of rotatable bonds is 3. The average molecular weight is 275 g/mol. The van der Waals surface area contributed by atoms with E-state index in [9.17, 15) is 4.79 Å². The van der Waals surface area contributed by atoms with Crippen LogP contribution < -0.4 is 10.6 Å². The summed E-state index contributed by atoms with van der Waals surface area (Å²) < 4.78 is 0. The minimum Gasteiger partial charge on any atom is -0.387 e. The molecule has 4 nitrogen and oxygen atoms in total. The number of piperidine rings is 1. The van der Waals surface area contributed by atoms with Gasteiger partial charge in [-0.1, -0.05) is 11.6 Å². The fourth-order valence-corrected chi connectivity index (χ4v) is 2.75. The Hall–Kier alpha value is -1.55. The van der Waals surface area contributed by atoms with Crippen LogP contribution in [0.5, 0.6) is 0 Å². The highest BCUT2D eigenvalue weighted by molar-refractivity contribution is 6.00. The molecule has 0 radical (unpaired) electrons. The van der Waals surface area contributed by atoms with Crippen LogP contribution in [0.3, 0.4) is 0 Å². The van der Waals surface area contributed by atoms with Gasteiger partial charge >= 0.3 is 0 Å². The predicted molar refractivity (Wildman–Crippen MR) is 83.3 cm³/mol. The summed E-state index contributed by atoms with van der Waals surface area (Å²) in [4.78, 5) is 14.8. The maximum absolute atomic E-state index is 12.5. The molecule has 1 saturated heterocycles. The Kier molecular flexibility index (Phi) is 4.65. The van der Waals surface area contributed by atoms with Crippen LogP contribution in [0.4, 0.5) is 5.69 Å². The van der Waals surface area contributed by atoms with Crippen LogP contribution in [0.2, 0.25) is 0 Å². The summed E-state index contributed by atoms with van der Waals surface area (Å²) in [6.07, 6.45) is 2.04. The zero-order valence-corrected chi connectivity index (χ0v) is 12.9. The van der Waals surface area contributed by atoms with E-state index in [0.29, 0.717) is 6.04 Å². The number of carbonyl (C=O) groups is 1. The van der Waals surface area contributed by atoms with Crippen molar-refractivity contribution in [3.8, 4) is 0 Å². The van der Waals surface area contributed by atoms with E-state index in [2.05, 4.69) is 29.5 Å². The summed E-state index contributed by atoms with van der Waals surface area (Å²) in [5.74, 6) is 0.0276. The molecule has 1 aliphatic rings. The number of hydrogen-bond donors (Lipinski definition) is 2. The van der Waals surface area contributed by atoms with Crippen molar-refractivity contribution in [1.29, 1.82) is 0 Å². The Bertz CT molecular complexity index is 487. The van der Waals surface area contributed by atoms with E-state index in [-0.39, 0.29) is 11.9 Å². The van der Waals surface area contributed by atoms with Crippen molar-refractivity contribution in [2.75, 3.05) is 26.0 Å². The zero-order chi connectivity index (χ0) is 14.7. The van der Waals surface area contributed by atoms with Gasteiger partial charge in [-0.25, -0.2) is 0 Å². The normalized spacial score (nSPS) is 23.4. The number of nitrogens with one attached hydrogen (secondary N) is 2. The number of aryl methyl sites for hydroxylation is 1. The van der Waals surface area contributed by atoms with Crippen molar-refractivity contribution >= 4 is 11.6 Å². The molecule has 110 valence electrons. The molecule has 1 aromatic rings. The van der Waals surface area contributed by atoms with E-state index in [4.69, 9.17) is 0 Å². The highest BCUT2D eigenvalue weighted by atomic mass is 16.1. The summed E-state index contributed by atoms with van der Waals surface area (Å²) in [7, 11) is 3.99. The first kappa shape index (κ1) is 14.9. The molecule has 0 saturated carbocycles. The van der Waals surface area contributed by atoms with Crippen LogP contribution in [-0.2, 0) is 0 Å². The average Bonchev–Trinajstić information content (AvgIpc) is 2.43. The first-order valence-corrected chi connectivity index (χ1v) is 7.30. The molecule has 1 heterocycles. The molecule has 1 fully saturated rings. The molecule has 2 unspecified atom stereocenters. The molecule has 2 atom stereocenters. The molecule has 0 spiro atoms. The van der Waals surface area contributed by atoms with Gasteiger partial charge in [0.1, 0.15) is 0 Å². The predicted octanol–water partition coefficient (Wildman–Crippen LogP) is 2.25. The molecule has 0 aliphatic carbocycles. The van der Waals surface area contributed by atoms with Gasteiger partial charge in [-0.2, -0.15) is 0 Å². The smallest absolute Gasteiger partial charge is 0.253 e. The topological polar surface area (TPSA) is 44.4 Å². The van der Waals surface area contributed by atoms with Crippen molar-refractivity contribution in [2.24, 2.45) is 0 Å². The third kappa shape index (κ3) is 3.31. The van der Waals surface area contributed by atoms with Gasteiger partial charge in [0.25, 0.3) is 5.91 Å². The van der Waals surface area contributed by atoms with Crippen molar-refractivity contribution in [3.05, 3.63) is 29.3 Å². The summed E-state index contributed by atoms with van der Waals surface area (Å²) >= 11 is 0. The van der Waals surface area contributed by atoms with Gasteiger partial charge in [0, 0.05) is 31.4 Å². The first-order chi connectivity index (χ1) is 9.51. The van der Waals surface area contributed by atoms with Crippen molar-refractivity contribution in [2.45, 2.75) is 38.8 Å². The fourth-order valence-electron chi connectivity index (χ4n) is 2.75. The number of carbonyl (C=O) groups excluding carboxylic acids is 1. The Labute approximate surface area is 121 Å². The van der Waals surface area contributed by atoms with Crippen LogP contribution in [0.15, 0.2) is 18.2 Å². The number of anilines is 1. The summed E-state index contributed by atoms with van der Waals surface area (Å²) in [5, 5.41) is 6.27. The van der Waals surface area contributed by atoms with Gasteiger partial charge in [0.2, 0.25) is 0 Å². The Balaban J connectivity index is 2.07. The molecular weight excluding hydrogens is 250 g/mol. The van der Waals surface area contributed by atoms with Gasteiger partial charge in [0.15, 0.2) is 0 Å². The Morgan fingerprint density at radius 3 is 2.80 bits per heavy atom. The van der Waals surface area contributed by atoms with Crippen LogP contribution in [0.25, 0.3) is 0 Å². The lowest BCUT2D eigenvalue weighted by molar-refractivity contribution is 0.0897. The van der Waals surface area contributed by atoms with Crippen molar-refractivity contribution < 1.29 is 4.79 Å². The molecule has 1 aliphatic heterocycles. The zero-order valence-electron chi connectivity index (χ0n) is 12.9. The van der Waals surface area contributed by atoms with Crippen molar-refractivity contribution in [3.63, 3.8) is 0 Å². The molecular formula is C16H25N3O. The molecule has 20 heavy (non-hydrogen) atoms. The van der Waals surface area contributed by atoms with Crippen molar-refractivity contribution in [1.82, 2.24) is 10.2 Å². The number of benzene rings is 1. The lowest BCUT2D eigenvalue weighted by Crippen LogP contribution is -2.47. The molecule has 0 bridgehead atoms. The fraction of sp³-hybridized carbons (Fsp3) is 0.562. The van der Waals surface area contributed by atoms with E-state index in [1.165, 1.54) is 0 Å². The molecule has 4 heteroatoms. The van der Waals surface area contributed by atoms with Gasteiger partial charge < -0.3 is 15.5 Å². The third-order valence-corrected chi connectivity index (χ3v) is 4.23. The van der Waals surface area contributed by atoms with E-state index in [1.807, 2.05) is 32.2 Å². The number of hydrogen-bond acceptors (Lipinski definition) is 3. The molecule has 2 N–H and O–H groups in total. The van der Waals surface area contributed by atoms with Crippen LogP contribution in [0.1, 0.15) is 35.7 Å². The van der Waals surface area contributed by atoms with E-state index >= 15 is 0 Å². The largest absolute Gasteiger partial charge is 0.387 e. The van der Waals surface area contributed by atoms with E-state index in [0.717, 1.165) is 36.2 Å². The van der Waals surface area contributed by atoms with Gasteiger partial charge in [0.05, 0.1) is 5.56 Å². The number of likely N-dealkylation sites (tertiary alicyclic amines) is 1. The van der Waals surface area contributed by atoms with Gasteiger partial charge in [-0.05, 0) is 45.9 Å². The maximum Gasteiger partial charge on any atom is 0.253 e. The minimum absolute atomic E-state index is 0.0276. The summed E-state index contributed by atoms with van der Waals surface area (Å²) in [6, 6.07) is 6.72. The van der Waals surface area contributed by atoms with Gasteiger partial charge in [-0.3, -0.25) is 4.79 Å². The maximum atomic E-state index is 12.5. The Morgan fingerprint density at radius 1 is 1.40 bits per heavy atom. The number of amides is 1. The monoisotopic (exact) mass is 275 g/mol. The standard InChI is InChI=1S/C16H25N3O/c1-11-5-6-15(17-3)14(9-11)16(20)18-13-7-8-19(4)12(2)10-13/h5-6,9,12-13,17H,7-8,10H2,1-4H3,(H,18,20). The highest BCUT2D eigenvalue weighted by Gasteiger charge is 2.24. The first-order valence-electron chi connectivity index (χ1n) is 7.30. The van der Waals surface area contributed by atoms with Crippen LogP contribution in [0, 0.1) is 6.92 Å². The quantitative estimate of drug-likeness (QED) is 0.889. The number of nitrogens with zero attached hydrogens (tertiary/aromatic N) is 1. The molecule has 1 amide bonds. The molecule has 2 rings (SSSR count). The summed E-state index contributed by atoms with van der Waals surface area (Å²) in [5.41, 5.74) is 2.72. The minimum atomic E-state index is 0.0276. The lowest BCUT2D eigenvalue weighted by atomic mass is 9.98. The van der Waals surface area contributed by atoms with Crippen LogP contribution in [-0.4, -0.2) is 43.5 Å². The molecule has 1 aromatic carbocycles. The van der Waals surface area contributed by atoms with Crippen LogP contribution >= 0.6 is 0 Å². The van der Waals surface area contributed by atoms with E-state index in [1.54, 1.807) is 0 Å². The molecule has 0 aromatic heterocycles. The van der Waals surface area contributed by atoms with E-state index < -0.39 is 0 Å². The van der Waals surface area contributed by atoms with Gasteiger partial charge in [-0.15, -0.1) is 0 Å². The Morgan fingerprint density at radius 2 is 2.15 bits per heavy atom.